The maximum atomic E-state index is 13.1. The van der Waals surface area contributed by atoms with Crippen molar-refractivity contribution in [1.82, 2.24) is 20.7 Å². The van der Waals surface area contributed by atoms with Crippen LogP contribution in [-0.2, 0) is 76.0 Å². The number of esters is 2. The molecular weight excluding hydrogens is 1060 g/mol. The number of amides is 3. The Morgan fingerprint density at radius 3 is 1.94 bits per heavy atom. The summed E-state index contributed by atoms with van der Waals surface area (Å²) in [6.07, 6.45) is -6.00. The zero-order valence-electron chi connectivity index (χ0n) is 48.1. The van der Waals surface area contributed by atoms with Crippen molar-refractivity contribution in [2.75, 3.05) is 65.9 Å². The molecule has 1 aromatic carbocycles. The number of carbonyl (C=O) groups is 5. The number of ether oxygens (including phenoxy) is 6. The number of phosphoric ester groups is 1. The van der Waals surface area contributed by atoms with Gasteiger partial charge in [-0.05, 0) is 90.7 Å². The van der Waals surface area contributed by atoms with Crippen molar-refractivity contribution in [2.24, 2.45) is 22.2 Å². The maximum absolute atomic E-state index is 13.1. The van der Waals surface area contributed by atoms with Crippen molar-refractivity contribution in [2.45, 2.75) is 182 Å². The number of benzene rings is 1. The number of phosphoric acid groups is 1. The Kier molecular flexibility index (Phi) is 27.9. The molecule has 1 aromatic rings. The van der Waals surface area contributed by atoms with E-state index in [0.717, 1.165) is 5.56 Å². The average Bonchev–Trinajstić information content (AvgIpc) is 3.32. The summed E-state index contributed by atoms with van der Waals surface area (Å²) in [4.78, 5) is 74.3. The molecule has 0 spiro atoms. The molecule has 1 heterocycles. The molecule has 3 amide bonds. The Morgan fingerprint density at radius 1 is 0.769 bits per heavy atom. The maximum Gasteiger partial charge on any atom is 0.472 e. The molecule has 0 radical (unpaired) electrons. The van der Waals surface area contributed by atoms with Crippen LogP contribution in [0.3, 0.4) is 0 Å². The molecule has 0 bridgehead atoms. The first-order valence-corrected chi connectivity index (χ1v) is 29.2. The highest BCUT2D eigenvalue weighted by molar-refractivity contribution is 7.89. The molecule has 78 heavy (non-hydrogen) atoms. The van der Waals surface area contributed by atoms with Gasteiger partial charge in [-0.15, -0.1) is 0 Å². The summed E-state index contributed by atoms with van der Waals surface area (Å²) in [5.74, 6) is -2.89. The lowest BCUT2D eigenvalue weighted by Gasteiger charge is -2.42. The van der Waals surface area contributed by atoms with Crippen LogP contribution in [0.15, 0.2) is 29.2 Å². The van der Waals surface area contributed by atoms with E-state index in [9.17, 15) is 57.2 Å². The first kappa shape index (κ1) is 70.4. The number of rotatable bonds is 34. The SMILES string of the molecule is Cc1ccc(S(=O)(=O)NC2C(OCCNC(=O)CCCC(=O)NCCCOC(C)(C)COC(C)(C)C(=O)NCCOP(=O)(O)OC[C@@H](COC(=O)C(C)(C)C(C)(C)C)OC(=O)C(C)CC(C)(C)C)OC(CO)C(O)C2O)cc1. The van der Waals surface area contributed by atoms with Gasteiger partial charge in [0, 0.05) is 39.1 Å². The zero-order valence-corrected chi connectivity index (χ0v) is 49.8. The van der Waals surface area contributed by atoms with E-state index in [2.05, 4.69) is 20.7 Å². The van der Waals surface area contributed by atoms with E-state index in [0.29, 0.717) is 12.8 Å². The molecule has 1 aliphatic rings. The van der Waals surface area contributed by atoms with Gasteiger partial charge in [-0.1, -0.05) is 66.2 Å². The third kappa shape index (κ3) is 25.0. The predicted molar refractivity (Wildman–Crippen MR) is 286 cm³/mol. The molecule has 0 aromatic heterocycles. The fourth-order valence-electron chi connectivity index (χ4n) is 7.18. The summed E-state index contributed by atoms with van der Waals surface area (Å²) >= 11 is 0. The molecule has 2 rings (SSSR count). The van der Waals surface area contributed by atoms with Gasteiger partial charge in [0.1, 0.15) is 36.6 Å². The summed E-state index contributed by atoms with van der Waals surface area (Å²) in [6, 6.07) is 4.49. The van der Waals surface area contributed by atoms with Crippen LogP contribution >= 0.6 is 7.82 Å². The van der Waals surface area contributed by atoms with Gasteiger partial charge in [0.25, 0.3) is 5.91 Å². The summed E-state index contributed by atoms with van der Waals surface area (Å²) < 4.78 is 85.7. The van der Waals surface area contributed by atoms with E-state index in [4.69, 9.17) is 37.5 Å². The highest BCUT2D eigenvalue weighted by Gasteiger charge is 2.47. The third-order valence-corrected chi connectivity index (χ3v) is 15.4. The summed E-state index contributed by atoms with van der Waals surface area (Å²) in [6.45, 7) is 23.0. The van der Waals surface area contributed by atoms with E-state index in [-0.39, 0.29) is 80.8 Å². The quantitative estimate of drug-likeness (QED) is 0.0279. The molecular formula is C52H91N4O20PS. The first-order valence-electron chi connectivity index (χ1n) is 26.3. The monoisotopic (exact) mass is 1150 g/mol. The molecule has 24 nitrogen and oxygen atoms in total. The lowest BCUT2D eigenvalue weighted by Crippen LogP contribution is -2.64. The van der Waals surface area contributed by atoms with Gasteiger partial charge >= 0.3 is 19.8 Å². The van der Waals surface area contributed by atoms with Gasteiger partial charge in [-0.2, -0.15) is 0 Å². The molecule has 0 aliphatic carbocycles. The van der Waals surface area contributed by atoms with Crippen molar-refractivity contribution in [1.29, 1.82) is 0 Å². The minimum atomic E-state index is -4.75. The van der Waals surface area contributed by atoms with Crippen molar-refractivity contribution in [3.63, 3.8) is 0 Å². The van der Waals surface area contributed by atoms with Crippen LogP contribution < -0.4 is 20.7 Å². The number of aliphatic hydroxyl groups is 3. The number of aryl methyl sites for hydroxylation is 1. The van der Waals surface area contributed by atoms with Gasteiger partial charge in [0.2, 0.25) is 21.8 Å². The second kappa shape index (κ2) is 30.9. The smallest absolute Gasteiger partial charge is 0.461 e. The molecule has 26 heteroatoms. The fraction of sp³-hybridized carbons (Fsp3) is 0.788. The Labute approximate surface area is 461 Å². The van der Waals surface area contributed by atoms with Crippen LogP contribution in [0.4, 0.5) is 0 Å². The number of nitrogens with one attached hydrogen (secondary N) is 4. The standard InChI is InChI=1S/C52H91N4O20PS/c1-34-19-21-37(22-20-34)78(67,68)56-41-43(61)42(60)38(30-57)76-45(41)69-27-24-54-40(59)18-15-17-39(58)53-23-16-26-71-50(9,10)33-72-52(13,14)46(63)55-25-28-73-77(65,66)74-32-36(75-44(62)35(2)29-48(3,4)5)31-70-47(64)51(11,12)49(6,7)8/h19-22,35-36,38,41-43,45,56-57,60-61H,15-18,23-33H2,1-14H3,(H,53,58)(H,54,59)(H,55,63)(H,65,66)/t35?,36-,38?,41?,42?,43?,45?/m1/s1. The summed E-state index contributed by atoms with van der Waals surface area (Å²) in [5.41, 5.74) is -2.95. The van der Waals surface area contributed by atoms with Crippen molar-refractivity contribution >= 4 is 47.5 Å². The number of carbonyl (C=O) groups excluding carboxylic acids is 5. The summed E-state index contributed by atoms with van der Waals surface area (Å²) in [7, 11) is -8.94. The van der Waals surface area contributed by atoms with E-state index < -0.39 is 127 Å². The largest absolute Gasteiger partial charge is 0.472 e. The van der Waals surface area contributed by atoms with Crippen LogP contribution in [0, 0.1) is 29.1 Å². The highest BCUT2D eigenvalue weighted by Crippen LogP contribution is 2.43. The van der Waals surface area contributed by atoms with E-state index in [1.54, 1.807) is 53.7 Å². The van der Waals surface area contributed by atoms with Crippen molar-refractivity contribution in [3.05, 3.63) is 29.8 Å². The molecule has 8 N–H and O–H groups in total. The van der Waals surface area contributed by atoms with Crippen LogP contribution in [0.5, 0.6) is 0 Å². The lowest BCUT2D eigenvalue weighted by atomic mass is 9.69. The zero-order chi connectivity index (χ0) is 59.5. The molecule has 1 saturated heterocycles. The number of hydrogen-bond acceptors (Lipinski definition) is 19. The van der Waals surface area contributed by atoms with Crippen molar-refractivity contribution in [3.8, 4) is 0 Å². The lowest BCUT2D eigenvalue weighted by molar-refractivity contribution is -0.267. The van der Waals surface area contributed by atoms with E-state index in [1.807, 2.05) is 41.5 Å². The second-order valence-corrected chi connectivity index (χ2v) is 26.6. The van der Waals surface area contributed by atoms with Crippen LogP contribution in [0.25, 0.3) is 0 Å². The molecule has 1 fully saturated rings. The molecule has 450 valence electrons. The van der Waals surface area contributed by atoms with Crippen molar-refractivity contribution < 1.29 is 94.6 Å². The molecule has 7 unspecified atom stereocenters. The third-order valence-electron chi connectivity index (χ3n) is 12.9. The number of hydrogen-bond donors (Lipinski definition) is 8. The Balaban J connectivity index is 1.71. The van der Waals surface area contributed by atoms with Crippen LogP contribution in [0.2, 0.25) is 0 Å². The highest BCUT2D eigenvalue weighted by atomic mass is 32.2. The topological polar surface area (TPSA) is 339 Å². The molecule has 8 atom stereocenters. The molecule has 0 saturated carbocycles. The van der Waals surface area contributed by atoms with Gasteiger partial charge in [-0.25, -0.2) is 17.7 Å². The first-order chi connectivity index (χ1) is 35.8. The van der Waals surface area contributed by atoms with Crippen LogP contribution in [-0.4, -0.2) is 172 Å². The van der Waals surface area contributed by atoms with Gasteiger partial charge < -0.3 is 64.6 Å². The van der Waals surface area contributed by atoms with Gasteiger partial charge in [-0.3, -0.25) is 33.0 Å². The minimum Gasteiger partial charge on any atom is -0.461 e. The van der Waals surface area contributed by atoms with E-state index in [1.165, 1.54) is 26.0 Å². The van der Waals surface area contributed by atoms with Crippen LogP contribution in [0.1, 0.15) is 128 Å². The fourth-order valence-corrected chi connectivity index (χ4v) is 9.17. The Bertz CT molecular complexity index is 2230. The predicted octanol–water partition coefficient (Wildman–Crippen LogP) is 3.33. The van der Waals surface area contributed by atoms with Gasteiger partial charge in [0.15, 0.2) is 12.4 Å². The van der Waals surface area contributed by atoms with E-state index >= 15 is 0 Å². The minimum absolute atomic E-state index is 0.00370. The van der Waals surface area contributed by atoms with Gasteiger partial charge in [0.05, 0.1) is 54.9 Å². The Morgan fingerprint density at radius 2 is 1.36 bits per heavy atom. The Hall–Kier alpha value is -3.69. The average molecular weight is 1160 g/mol. The number of sulfonamides is 1. The molecule has 1 aliphatic heterocycles. The second-order valence-electron chi connectivity index (χ2n) is 23.4. The normalized spacial score (nSPS) is 20.2. The summed E-state index contributed by atoms with van der Waals surface area (Å²) in [5, 5.41) is 38.8. The number of aliphatic hydroxyl groups excluding tert-OH is 3.